The second-order valence-corrected chi connectivity index (χ2v) is 7.02. The first kappa shape index (κ1) is 14.9. The second-order valence-electron chi connectivity index (χ2n) is 5.24. The van der Waals surface area contributed by atoms with Crippen molar-refractivity contribution in [1.82, 2.24) is 4.31 Å². The second kappa shape index (κ2) is 5.31. The van der Waals surface area contributed by atoms with Crippen LogP contribution in [0.3, 0.4) is 0 Å². The van der Waals surface area contributed by atoms with Crippen LogP contribution in [0.4, 0.5) is 0 Å². The number of sulfonamides is 1. The lowest BCUT2D eigenvalue weighted by molar-refractivity contribution is 0.0844. The van der Waals surface area contributed by atoms with Crippen molar-refractivity contribution in [2.75, 3.05) is 14.2 Å². The monoisotopic (exact) mass is 323 g/mol. The molecule has 0 saturated carbocycles. The fourth-order valence-corrected chi connectivity index (χ4v) is 4.63. The minimum absolute atomic E-state index is 0.0193. The highest BCUT2D eigenvalue weighted by Crippen LogP contribution is 2.40. The van der Waals surface area contributed by atoms with E-state index in [0.717, 1.165) is 17.1 Å². The molecule has 0 N–H and O–H groups in total. The molecule has 118 valence electrons. The van der Waals surface area contributed by atoms with Gasteiger partial charge >= 0.3 is 0 Å². The molecule has 1 atom stereocenters. The zero-order valence-corrected chi connectivity index (χ0v) is 13.2. The van der Waals surface area contributed by atoms with Crippen molar-refractivity contribution in [2.45, 2.75) is 30.2 Å². The third-order valence-corrected chi connectivity index (χ3v) is 5.83. The molecular weight excluding hydrogens is 306 g/mol. The number of amides is 1. The minimum Gasteiger partial charge on any atom is -0.493 e. The van der Waals surface area contributed by atoms with Crippen molar-refractivity contribution in [3.05, 3.63) is 29.8 Å². The summed E-state index contributed by atoms with van der Waals surface area (Å²) in [6, 6.07) is 2.37. The van der Waals surface area contributed by atoms with Crippen LogP contribution in [0.1, 0.15) is 29.6 Å². The van der Waals surface area contributed by atoms with E-state index < -0.39 is 22.0 Å². The van der Waals surface area contributed by atoms with Gasteiger partial charge in [-0.15, -0.1) is 0 Å². The van der Waals surface area contributed by atoms with Gasteiger partial charge in [0.05, 0.1) is 25.8 Å². The Kier molecular flexibility index (Phi) is 3.60. The number of fused-ring (bicyclic) bond motifs is 1. The van der Waals surface area contributed by atoms with Crippen LogP contribution >= 0.6 is 0 Å². The predicted molar refractivity (Wildman–Crippen MR) is 79.7 cm³/mol. The van der Waals surface area contributed by atoms with Crippen molar-refractivity contribution in [2.24, 2.45) is 0 Å². The number of carbonyl (C=O) groups excluding carboxylic acids is 1. The first-order valence-corrected chi connectivity index (χ1v) is 8.46. The summed E-state index contributed by atoms with van der Waals surface area (Å²) in [5.41, 5.74) is 0.136. The summed E-state index contributed by atoms with van der Waals surface area (Å²) in [5.74, 6) is 0.122. The van der Waals surface area contributed by atoms with E-state index in [2.05, 4.69) is 0 Å². The first-order valence-electron chi connectivity index (χ1n) is 7.02. The van der Waals surface area contributed by atoms with E-state index in [4.69, 9.17) is 9.47 Å². The lowest BCUT2D eigenvalue weighted by Crippen LogP contribution is -2.39. The highest BCUT2D eigenvalue weighted by Gasteiger charge is 2.45. The van der Waals surface area contributed by atoms with Crippen LogP contribution in [0.2, 0.25) is 0 Å². The molecule has 1 aromatic carbocycles. The average molecular weight is 323 g/mol. The van der Waals surface area contributed by atoms with E-state index in [-0.39, 0.29) is 10.5 Å². The Morgan fingerprint density at radius 3 is 2.45 bits per heavy atom. The molecule has 0 bridgehead atoms. The van der Waals surface area contributed by atoms with Crippen molar-refractivity contribution >= 4 is 15.9 Å². The van der Waals surface area contributed by atoms with Gasteiger partial charge in [0.25, 0.3) is 15.9 Å². The molecule has 0 radical (unpaired) electrons. The van der Waals surface area contributed by atoms with Crippen LogP contribution in [-0.2, 0) is 10.0 Å². The summed E-state index contributed by atoms with van der Waals surface area (Å²) in [6.45, 7) is 0. The fourth-order valence-electron chi connectivity index (χ4n) is 2.89. The van der Waals surface area contributed by atoms with Gasteiger partial charge in [0.1, 0.15) is 4.90 Å². The van der Waals surface area contributed by atoms with Crippen molar-refractivity contribution in [3.8, 4) is 11.5 Å². The van der Waals surface area contributed by atoms with Crippen LogP contribution in [0.25, 0.3) is 0 Å². The highest BCUT2D eigenvalue weighted by molar-refractivity contribution is 7.90. The van der Waals surface area contributed by atoms with Crippen LogP contribution in [0.15, 0.2) is 29.2 Å². The van der Waals surface area contributed by atoms with Crippen LogP contribution in [-0.4, -0.2) is 38.9 Å². The van der Waals surface area contributed by atoms with E-state index in [1.54, 1.807) is 6.08 Å². The third kappa shape index (κ3) is 2.08. The van der Waals surface area contributed by atoms with Gasteiger partial charge in [-0.05, 0) is 25.3 Å². The largest absolute Gasteiger partial charge is 0.493 e. The molecule has 1 aliphatic heterocycles. The summed E-state index contributed by atoms with van der Waals surface area (Å²) in [6.07, 6.45) is 6.13. The maximum atomic E-state index is 12.7. The Labute approximate surface area is 129 Å². The topological polar surface area (TPSA) is 72.9 Å². The van der Waals surface area contributed by atoms with E-state index in [9.17, 15) is 13.2 Å². The highest BCUT2D eigenvalue weighted by atomic mass is 32.2. The third-order valence-electron chi connectivity index (χ3n) is 3.98. The molecule has 1 amide bonds. The molecule has 1 aliphatic carbocycles. The molecule has 0 fully saturated rings. The maximum Gasteiger partial charge on any atom is 0.269 e. The Morgan fingerprint density at radius 1 is 1.18 bits per heavy atom. The zero-order chi connectivity index (χ0) is 15.9. The summed E-state index contributed by atoms with van der Waals surface area (Å²) >= 11 is 0. The molecule has 6 nitrogen and oxygen atoms in total. The summed E-state index contributed by atoms with van der Waals surface area (Å²) < 4.78 is 36.7. The molecule has 1 aromatic rings. The molecule has 0 spiro atoms. The maximum absolute atomic E-state index is 12.7. The number of benzene rings is 1. The molecule has 0 saturated heterocycles. The van der Waals surface area contributed by atoms with Gasteiger partial charge in [-0.2, -0.15) is 0 Å². The van der Waals surface area contributed by atoms with Gasteiger partial charge in [0.2, 0.25) is 0 Å². The van der Waals surface area contributed by atoms with E-state index in [1.807, 2.05) is 6.08 Å². The molecule has 2 aliphatic rings. The van der Waals surface area contributed by atoms with Gasteiger partial charge in [0, 0.05) is 6.07 Å². The summed E-state index contributed by atoms with van der Waals surface area (Å²) in [4.78, 5) is 12.6. The van der Waals surface area contributed by atoms with Gasteiger partial charge < -0.3 is 9.47 Å². The summed E-state index contributed by atoms with van der Waals surface area (Å²) in [7, 11) is -0.986. The van der Waals surface area contributed by atoms with Crippen molar-refractivity contribution in [3.63, 3.8) is 0 Å². The van der Waals surface area contributed by atoms with Gasteiger partial charge in [0.15, 0.2) is 11.5 Å². The normalized spacial score (nSPS) is 22.5. The number of ether oxygens (including phenoxy) is 2. The minimum atomic E-state index is -3.86. The van der Waals surface area contributed by atoms with Crippen molar-refractivity contribution in [1.29, 1.82) is 0 Å². The van der Waals surface area contributed by atoms with E-state index in [0.29, 0.717) is 17.9 Å². The van der Waals surface area contributed by atoms with Crippen LogP contribution in [0.5, 0.6) is 11.5 Å². The Balaban J connectivity index is 2.14. The fraction of sp³-hybridized carbons (Fsp3) is 0.400. The molecule has 22 heavy (non-hydrogen) atoms. The number of carbonyl (C=O) groups is 1. The van der Waals surface area contributed by atoms with Crippen LogP contribution < -0.4 is 9.47 Å². The lowest BCUT2D eigenvalue weighted by Gasteiger charge is -2.25. The number of hydrogen-bond donors (Lipinski definition) is 0. The van der Waals surface area contributed by atoms with E-state index in [1.165, 1.54) is 26.4 Å². The molecule has 0 unspecified atom stereocenters. The molecule has 7 heteroatoms. The molecular formula is C15H17NO5S. The smallest absolute Gasteiger partial charge is 0.269 e. The SMILES string of the molecule is COc1cc2c(cc1OC)S(=O)(=O)N([C@@H]1C=CCCC1)C2=O. The summed E-state index contributed by atoms with van der Waals surface area (Å²) in [5, 5.41) is 0. The van der Waals surface area contributed by atoms with Gasteiger partial charge in [-0.25, -0.2) is 12.7 Å². The number of allylic oxidation sites excluding steroid dienone is 1. The standard InChI is InChI=1S/C15H17NO5S/c1-20-12-8-11-14(9-13(12)21-2)22(18,19)16(15(11)17)10-6-4-3-5-7-10/h4,6,8-10H,3,5,7H2,1-2H3/t10-/m1/s1. The number of rotatable bonds is 3. The quantitative estimate of drug-likeness (QED) is 0.795. The van der Waals surface area contributed by atoms with Crippen molar-refractivity contribution < 1.29 is 22.7 Å². The molecule has 3 rings (SSSR count). The predicted octanol–water partition coefficient (Wildman–Crippen LogP) is 1.96. The number of nitrogens with zero attached hydrogens (tertiary/aromatic N) is 1. The zero-order valence-electron chi connectivity index (χ0n) is 12.4. The van der Waals surface area contributed by atoms with E-state index >= 15 is 0 Å². The van der Waals surface area contributed by atoms with Gasteiger partial charge in [-0.1, -0.05) is 12.2 Å². The molecule has 1 heterocycles. The first-order chi connectivity index (χ1) is 10.5. The average Bonchev–Trinajstić information content (AvgIpc) is 2.73. The van der Waals surface area contributed by atoms with Crippen LogP contribution in [0, 0.1) is 0 Å². The number of methoxy groups -OCH3 is 2. The Morgan fingerprint density at radius 2 is 1.86 bits per heavy atom. The Bertz CT molecular complexity index is 753. The van der Waals surface area contributed by atoms with Gasteiger partial charge in [-0.3, -0.25) is 4.79 Å². The molecule has 0 aromatic heterocycles. The Hall–Kier alpha value is -2.02. The number of hydrogen-bond acceptors (Lipinski definition) is 5. The lowest BCUT2D eigenvalue weighted by atomic mass is 10.0.